The minimum atomic E-state index is -0.362. The van der Waals surface area contributed by atoms with Crippen LogP contribution in [0.15, 0.2) is 57.7 Å². The number of rotatable bonds is 1. The van der Waals surface area contributed by atoms with Crippen LogP contribution in [0.4, 0.5) is 0 Å². The molecule has 2 amide bonds. The Morgan fingerprint density at radius 1 is 0.750 bits per heavy atom. The van der Waals surface area contributed by atoms with Gasteiger partial charge in [-0.2, -0.15) is 0 Å². The Bertz CT molecular complexity index is 961. The Balaban J connectivity index is 2.01. The molecule has 0 fully saturated rings. The molecule has 0 saturated heterocycles. The van der Waals surface area contributed by atoms with Gasteiger partial charge in [0.05, 0.1) is 12.1 Å². The molecule has 2 aliphatic heterocycles. The van der Waals surface area contributed by atoms with Crippen LogP contribution < -0.4 is 0 Å². The quantitative estimate of drug-likeness (QED) is 0.505. The molecule has 4 rings (SSSR count). The van der Waals surface area contributed by atoms with Crippen molar-refractivity contribution < 1.29 is 9.59 Å². The lowest BCUT2D eigenvalue weighted by molar-refractivity contribution is -0.134. The molecule has 28 heavy (non-hydrogen) atoms. The summed E-state index contributed by atoms with van der Waals surface area (Å²) in [6.07, 6.45) is 7.51. The number of benzene rings is 2. The maximum Gasteiger partial charge on any atom is 0.224 e. The second kappa shape index (κ2) is 7.33. The number of nitrogens with zero attached hydrogens (tertiary/aromatic N) is 2. The van der Waals surface area contributed by atoms with Gasteiger partial charge in [-0.05, 0) is 46.5 Å². The van der Waals surface area contributed by atoms with E-state index in [1.165, 1.54) is 0 Å². The largest absolute Gasteiger partial charge is 0.309 e. The SMILES string of the molecule is CC(=O)N1C=Cc2cccc(Br)c2[C@H]1[C@@H]1c2c(Br)cccc2C=CN1C(C)=O. The summed E-state index contributed by atoms with van der Waals surface area (Å²) in [5.74, 6) is -0.149. The van der Waals surface area contributed by atoms with Gasteiger partial charge in [-0.15, -0.1) is 0 Å². The van der Waals surface area contributed by atoms with Crippen molar-refractivity contribution in [2.75, 3.05) is 0 Å². The molecule has 0 N–H and O–H groups in total. The number of halogens is 2. The van der Waals surface area contributed by atoms with E-state index in [-0.39, 0.29) is 23.9 Å². The molecule has 0 unspecified atom stereocenters. The van der Waals surface area contributed by atoms with Crippen LogP contribution in [0, 0.1) is 0 Å². The molecule has 0 bridgehead atoms. The molecule has 0 saturated carbocycles. The van der Waals surface area contributed by atoms with E-state index in [4.69, 9.17) is 0 Å². The van der Waals surface area contributed by atoms with Crippen molar-refractivity contribution in [3.63, 3.8) is 0 Å². The first kappa shape index (κ1) is 19.2. The number of fused-ring (bicyclic) bond motifs is 2. The van der Waals surface area contributed by atoms with E-state index < -0.39 is 0 Å². The van der Waals surface area contributed by atoms with Gasteiger partial charge in [0.15, 0.2) is 0 Å². The molecule has 0 radical (unpaired) electrons. The highest BCUT2D eigenvalue weighted by atomic mass is 79.9. The third kappa shape index (κ3) is 3.05. The second-order valence-corrected chi connectivity index (χ2v) is 8.57. The number of carbonyl (C=O) groups excluding carboxylic acids is 2. The van der Waals surface area contributed by atoms with Crippen LogP contribution >= 0.6 is 31.9 Å². The molecular weight excluding hydrogens is 484 g/mol. The Hall–Kier alpha value is -2.18. The first-order chi connectivity index (χ1) is 13.4. The normalized spacial score (nSPS) is 20.0. The maximum absolute atomic E-state index is 12.6. The summed E-state index contributed by atoms with van der Waals surface area (Å²) < 4.78 is 1.83. The summed E-state index contributed by atoms with van der Waals surface area (Å²) in [5.41, 5.74) is 4.05. The topological polar surface area (TPSA) is 40.6 Å². The summed E-state index contributed by atoms with van der Waals surface area (Å²) in [5, 5.41) is 0. The van der Waals surface area contributed by atoms with Gasteiger partial charge >= 0.3 is 0 Å². The second-order valence-electron chi connectivity index (χ2n) is 6.86. The minimum Gasteiger partial charge on any atom is -0.309 e. The van der Waals surface area contributed by atoms with Gasteiger partial charge in [-0.25, -0.2) is 0 Å². The van der Waals surface area contributed by atoms with Crippen LogP contribution in [-0.2, 0) is 9.59 Å². The van der Waals surface area contributed by atoms with Crippen LogP contribution in [0.2, 0.25) is 0 Å². The predicted molar refractivity (Wildman–Crippen MR) is 117 cm³/mol. The van der Waals surface area contributed by atoms with Crippen molar-refractivity contribution in [2.24, 2.45) is 0 Å². The van der Waals surface area contributed by atoms with Gasteiger partial charge < -0.3 is 9.80 Å². The Morgan fingerprint density at radius 3 is 1.50 bits per heavy atom. The highest BCUT2D eigenvalue weighted by Crippen LogP contribution is 2.49. The van der Waals surface area contributed by atoms with Crippen LogP contribution in [-0.4, -0.2) is 21.6 Å². The highest BCUT2D eigenvalue weighted by molar-refractivity contribution is 9.10. The lowest BCUT2D eigenvalue weighted by atomic mass is 9.83. The summed E-state index contributed by atoms with van der Waals surface area (Å²) >= 11 is 7.35. The first-order valence-electron chi connectivity index (χ1n) is 8.91. The molecule has 2 atom stereocenters. The number of carbonyl (C=O) groups is 2. The summed E-state index contributed by atoms with van der Waals surface area (Å²) in [6, 6.07) is 11.2. The average Bonchev–Trinajstić information content (AvgIpc) is 2.66. The maximum atomic E-state index is 12.6. The molecule has 0 aromatic heterocycles. The zero-order chi connectivity index (χ0) is 20.0. The van der Waals surface area contributed by atoms with Gasteiger partial charge in [0.2, 0.25) is 11.8 Å². The van der Waals surface area contributed by atoms with E-state index in [9.17, 15) is 9.59 Å². The van der Waals surface area contributed by atoms with Gasteiger partial charge in [0.25, 0.3) is 0 Å². The third-order valence-electron chi connectivity index (χ3n) is 5.22. The number of amides is 2. The summed E-state index contributed by atoms with van der Waals surface area (Å²) in [6.45, 7) is 3.10. The van der Waals surface area contributed by atoms with E-state index in [2.05, 4.69) is 31.9 Å². The molecule has 4 nitrogen and oxygen atoms in total. The van der Waals surface area contributed by atoms with Crippen LogP contribution in [0.3, 0.4) is 0 Å². The van der Waals surface area contributed by atoms with Gasteiger partial charge in [-0.3, -0.25) is 9.59 Å². The van der Waals surface area contributed by atoms with E-state index in [0.29, 0.717) is 0 Å². The molecule has 2 heterocycles. The minimum absolute atomic E-state index is 0.0747. The first-order valence-corrected chi connectivity index (χ1v) is 10.5. The van der Waals surface area contributed by atoms with Crippen LogP contribution in [0.25, 0.3) is 12.2 Å². The number of hydrogen-bond acceptors (Lipinski definition) is 2. The summed E-state index contributed by atoms with van der Waals surface area (Å²) in [7, 11) is 0. The van der Waals surface area contributed by atoms with Crippen molar-refractivity contribution >= 4 is 55.8 Å². The Kier molecular flexibility index (Phi) is 5.02. The zero-order valence-corrected chi connectivity index (χ0v) is 18.6. The van der Waals surface area contributed by atoms with Crippen molar-refractivity contribution in [3.8, 4) is 0 Å². The lowest BCUT2D eigenvalue weighted by Gasteiger charge is -2.44. The van der Waals surface area contributed by atoms with Crippen LogP contribution in [0.5, 0.6) is 0 Å². The molecule has 0 aliphatic carbocycles. The molecule has 2 aliphatic rings. The Morgan fingerprint density at radius 2 is 1.14 bits per heavy atom. The van der Waals surface area contributed by atoms with Crippen molar-refractivity contribution in [3.05, 3.63) is 80.0 Å². The molecule has 6 heteroatoms. The fourth-order valence-electron chi connectivity index (χ4n) is 4.03. The van der Waals surface area contributed by atoms with Crippen molar-refractivity contribution in [1.82, 2.24) is 9.80 Å². The fourth-order valence-corrected chi connectivity index (χ4v) is 5.26. The fraction of sp³-hybridized carbons (Fsp3) is 0.182. The lowest BCUT2D eigenvalue weighted by Crippen LogP contribution is -2.43. The van der Waals surface area contributed by atoms with E-state index >= 15 is 0 Å². The molecule has 0 spiro atoms. The Labute approximate surface area is 180 Å². The third-order valence-corrected chi connectivity index (χ3v) is 6.60. The van der Waals surface area contributed by atoms with Gasteiger partial charge in [0.1, 0.15) is 0 Å². The molecular formula is C22H18Br2N2O2. The zero-order valence-electron chi connectivity index (χ0n) is 15.4. The average molecular weight is 502 g/mol. The monoisotopic (exact) mass is 500 g/mol. The van der Waals surface area contributed by atoms with E-state index in [1.807, 2.05) is 61.0 Å². The van der Waals surface area contributed by atoms with Crippen molar-refractivity contribution in [1.29, 1.82) is 0 Å². The number of hydrogen-bond donors (Lipinski definition) is 0. The highest BCUT2D eigenvalue weighted by Gasteiger charge is 2.42. The van der Waals surface area contributed by atoms with Gasteiger partial charge in [-0.1, -0.05) is 56.1 Å². The molecule has 142 valence electrons. The van der Waals surface area contributed by atoms with E-state index in [0.717, 1.165) is 31.2 Å². The standard InChI is InChI=1S/C22H18Br2N2O2/c1-13(27)25-11-9-15-5-3-7-17(23)19(15)21(25)22-20-16(6-4-8-18(20)24)10-12-26(22)14(2)28/h3-12,21-22H,1-2H3/t21-,22-/m0/s1. The van der Waals surface area contributed by atoms with Gasteiger partial charge in [0, 0.05) is 35.2 Å². The summed E-state index contributed by atoms with van der Waals surface area (Å²) in [4.78, 5) is 28.6. The predicted octanol–water partition coefficient (Wildman–Crippen LogP) is 5.66. The molecule has 2 aromatic rings. The van der Waals surface area contributed by atoms with Crippen LogP contribution in [0.1, 0.15) is 48.2 Å². The molecule has 2 aromatic carbocycles. The van der Waals surface area contributed by atoms with Crippen molar-refractivity contribution in [2.45, 2.75) is 25.9 Å². The van der Waals surface area contributed by atoms with E-state index in [1.54, 1.807) is 23.6 Å². The smallest absolute Gasteiger partial charge is 0.224 e.